The number of hydrogen-bond donors (Lipinski definition) is 1. The molecule has 0 unspecified atom stereocenters. The first-order valence-electron chi connectivity index (χ1n) is 4.07. The van der Waals surface area contributed by atoms with Gasteiger partial charge in [0, 0.05) is 16.6 Å². The van der Waals surface area contributed by atoms with Crippen LogP contribution in [-0.4, -0.2) is 4.98 Å². The van der Waals surface area contributed by atoms with Crippen LogP contribution in [0.3, 0.4) is 0 Å². The Morgan fingerprint density at radius 1 is 1.43 bits per heavy atom. The Morgan fingerprint density at radius 3 is 2.93 bits per heavy atom. The molecule has 2 N–H and O–H groups in total. The summed E-state index contributed by atoms with van der Waals surface area (Å²) in [5, 5.41) is 2.77. The topological polar surface area (TPSA) is 38.9 Å². The molecule has 0 aliphatic carbocycles. The number of thiazole rings is 1. The number of rotatable bonds is 1. The predicted octanol–water partition coefficient (Wildman–Crippen LogP) is 2.37. The van der Waals surface area contributed by atoms with E-state index in [1.54, 1.807) is 0 Å². The molecule has 3 heteroatoms. The number of anilines is 1. The molecule has 0 aliphatic rings. The normalized spacial score (nSPS) is 9.64. The maximum absolute atomic E-state index is 5.67. The van der Waals surface area contributed by atoms with Crippen LogP contribution in [0.5, 0.6) is 0 Å². The zero-order chi connectivity index (χ0) is 9.97. The first-order valence-corrected chi connectivity index (χ1v) is 4.95. The van der Waals surface area contributed by atoms with Crippen molar-refractivity contribution in [2.24, 2.45) is 0 Å². The summed E-state index contributed by atoms with van der Waals surface area (Å²) < 4.78 is 0. The van der Waals surface area contributed by atoms with E-state index in [1.807, 2.05) is 29.6 Å². The Morgan fingerprint density at radius 2 is 2.29 bits per heavy atom. The Bertz CT molecular complexity index is 494. The van der Waals surface area contributed by atoms with Gasteiger partial charge in [0.25, 0.3) is 0 Å². The van der Waals surface area contributed by atoms with Gasteiger partial charge in [0.15, 0.2) is 0 Å². The average Bonchev–Trinajstić information content (AvgIpc) is 2.66. The predicted molar refractivity (Wildman–Crippen MR) is 59.9 cm³/mol. The van der Waals surface area contributed by atoms with Crippen molar-refractivity contribution in [1.82, 2.24) is 4.98 Å². The molecule has 2 nitrogen and oxygen atoms in total. The number of terminal acetylenes is 1. The van der Waals surface area contributed by atoms with Crippen LogP contribution in [0.4, 0.5) is 5.69 Å². The van der Waals surface area contributed by atoms with E-state index >= 15 is 0 Å². The number of hydrogen-bond acceptors (Lipinski definition) is 3. The second kappa shape index (κ2) is 3.52. The first kappa shape index (κ1) is 8.79. The molecule has 0 saturated heterocycles. The molecular weight excluding hydrogens is 192 g/mol. The highest BCUT2D eigenvalue weighted by molar-refractivity contribution is 7.13. The summed E-state index contributed by atoms with van der Waals surface area (Å²) in [7, 11) is 0. The molecule has 2 rings (SSSR count). The lowest BCUT2D eigenvalue weighted by atomic mass is 10.2. The maximum Gasteiger partial charge on any atom is 0.124 e. The lowest BCUT2D eigenvalue weighted by molar-refractivity contribution is 1.37. The summed E-state index contributed by atoms with van der Waals surface area (Å²) in [4.78, 5) is 4.27. The Kier molecular flexibility index (Phi) is 2.21. The van der Waals surface area contributed by atoms with Crippen LogP contribution in [0, 0.1) is 12.3 Å². The van der Waals surface area contributed by atoms with Crippen LogP contribution < -0.4 is 5.73 Å². The van der Waals surface area contributed by atoms with Gasteiger partial charge in [-0.2, -0.15) is 0 Å². The third-order valence-electron chi connectivity index (χ3n) is 1.79. The van der Waals surface area contributed by atoms with Gasteiger partial charge in [-0.3, -0.25) is 0 Å². The van der Waals surface area contributed by atoms with Gasteiger partial charge < -0.3 is 5.73 Å². The van der Waals surface area contributed by atoms with Crippen molar-refractivity contribution < 1.29 is 0 Å². The Hall–Kier alpha value is -1.79. The largest absolute Gasteiger partial charge is 0.399 e. The number of nitrogen functional groups attached to an aromatic ring is 1. The maximum atomic E-state index is 5.67. The lowest BCUT2D eigenvalue weighted by Gasteiger charge is -1.96. The van der Waals surface area contributed by atoms with E-state index < -0.39 is 0 Å². The third-order valence-corrected chi connectivity index (χ3v) is 2.68. The molecular formula is C11H8N2S. The minimum Gasteiger partial charge on any atom is -0.399 e. The molecule has 1 heterocycles. The number of nitrogens with zero attached hydrogens (tertiary/aromatic N) is 1. The van der Waals surface area contributed by atoms with Gasteiger partial charge in [-0.1, -0.05) is 12.1 Å². The van der Waals surface area contributed by atoms with Crippen molar-refractivity contribution in [2.75, 3.05) is 5.73 Å². The van der Waals surface area contributed by atoms with Crippen molar-refractivity contribution in [3.05, 3.63) is 35.3 Å². The van der Waals surface area contributed by atoms with Crippen LogP contribution in [0.15, 0.2) is 29.6 Å². The van der Waals surface area contributed by atoms with Crippen molar-refractivity contribution in [2.45, 2.75) is 0 Å². The van der Waals surface area contributed by atoms with Crippen LogP contribution in [0.1, 0.15) is 5.69 Å². The minimum atomic E-state index is 0.674. The highest BCUT2D eigenvalue weighted by Gasteiger charge is 2.02. The fourth-order valence-corrected chi connectivity index (χ4v) is 1.90. The van der Waals surface area contributed by atoms with E-state index in [9.17, 15) is 0 Å². The average molecular weight is 200 g/mol. The summed E-state index contributed by atoms with van der Waals surface area (Å²) in [5.74, 6) is 2.50. The summed E-state index contributed by atoms with van der Waals surface area (Å²) in [5.41, 5.74) is 8.09. The molecule has 0 amide bonds. The Balaban J connectivity index is 2.45. The molecule has 0 saturated carbocycles. The van der Waals surface area contributed by atoms with Gasteiger partial charge in [0.2, 0.25) is 0 Å². The van der Waals surface area contributed by atoms with Crippen molar-refractivity contribution >= 4 is 17.0 Å². The molecule has 14 heavy (non-hydrogen) atoms. The number of benzene rings is 1. The summed E-state index contributed by atoms with van der Waals surface area (Å²) >= 11 is 1.53. The van der Waals surface area contributed by atoms with Crippen molar-refractivity contribution in [1.29, 1.82) is 0 Å². The fraction of sp³-hybridized carbons (Fsp3) is 0. The molecule has 2 aromatic rings. The van der Waals surface area contributed by atoms with E-state index in [2.05, 4.69) is 10.9 Å². The van der Waals surface area contributed by atoms with E-state index in [0.29, 0.717) is 5.69 Å². The molecule has 68 valence electrons. The monoisotopic (exact) mass is 200 g/mol. The number of nitrogens with two attached hydrogens (primary N) is 1. The lowest BCUT2D eigenvalue weighted by Crippen LogP contribution is -1.84. The molecule has 1 aromatic carbocycles. The first-order chi connectivity index (χ1) is 6.79. The quantitative estimate of drug-likeness (QED) is 0.567. The molecule has 1 aromatic heterocycles. The molecule has 0 atom stereocenters. The smallest absolute Gasteiger partial charge is 0.124 e. The zero-order valence-corrected chi connectivity index (χ0v) is 8.21. The van der Waals surface area contributed by atoms with Gasteiger partial charge in [-0.25, -0.2) is 4.98 Å². The molecule has 0 aliphatic heterocycles. The summed E-state index contributed by atoms with van der Waals surface area (Å²) in [6, 6.07) is 7.61. The third kappa shape index (κ3) is 1.61. The van der Waals surface area contributed by atoms with E-state index in [0.717, 1.165) is 16.3 Å². The molecule has 0 spiro atoms. The molecule has 0 fully saturated rings. The summed E-state index contributed by atoms with van der Waals surface area (Å²) in [6.45, 7) is 0. The highest BCUT2D eigenvalue weighted by Crippen LogP contribution is 2.24. The van der Waals surface area contributed by atoms with E-state index in [-0.39, 0.29) is 0 Å². The molecule has 0 radical (unpaired) electrons. The SMILES string of the molecule is C#Cc1csc(-c2cccc(N)c2)n1. The second-order valence-corrected chi connectivity index (χ2v) is 3.67. The minimum absolute atomic E-state index is 0.674. The van der Waals surface area contributed by atoms with E-state index in [1.165, 1.54) is 11.3 Å². The Labute approximate surface area is 86.4 Å². The van der Waals surface area contributed by atoms with Gasteiger partial charge >= 0.3 is 0 Å². The standard InChI is InChI=1S/C11H8N2S/c1-2-10-7-14-11(13-10)8-4-3-5-9(12)6-8/h1,3-7H,12H2. The van der Waals surface area contributed by atoms with Crippen LogP contribution in [0.25, 0.3) is 10.6 Å². The number of aromatic nitrogens is 1. The van der Waals surface area contributed by atoms with Gasteiger partial charge in [-0.15, -0.1) is 17.8 Å². The van der Waals surface area contributed by atoms with Crippen LogP contribution in [-0.2, 0) is 0 Å². The van der Waals surface area contributed by atoms with Crippen LogP contribution >= 0.6 is 11.3 Å². The fourth-order valence-electron chi connectivity index (χ4n) is 1.14. The van der Waals surface area contributed by atoms with Crippen molar-refractivity contribution in [3.8, 4) is 22.9 Å². The van der Waals surface area contributed by atoms with Gasteiger partial charge in [-0.05, 0) is 18.1 Å². The van der Waals surface area contributed by atoms with E-state index in [4.69, 9.17) is 12.2 Å². The van der Waals surface area contributed by atoms with Gasteiger partial charge in [0.1, 0.15) is 10.7 Å². The van der Waals surface area contributed by atoms with Gasteiger partial charge in [0.05, 0.1) is 0 Å². The highest BCUT2D eigenvalue weighted by atomic mass is 32.1. The van der Waals surface area contributed by atoms with Crippen molar-refractivity contribution in [3.63, 3.8) is 0 Å². The second-order valence-electron chi connectivity index (χ2n) is 2.81. The zero-order valence-electron chi connectivity index (χ0n) is 7.40. The van der Waals surface area contributed by atoms with Crippen LogP contribution in [0.2, 0.25) is 0 Å². The molecule has 0 bridgehead atoms. The summed E-state index contributed by atoms with van der Waals surface area (Å²) in [6.07, 6.45) is 5.24.